The number of hydrogen-bond donors (Lipinski definition) is 1. The minimum Gasteiger partial charge on any atom is -0.493 e. The maximum atomic E-state index is 6.18. The van der Waals surface area contributed by atoms with E-state index in [4.69, 9.17) is 15.2 Å². The predicted octanol–water partition coefficient (Wildman–Crippen LogP) is 3.20. The van der Waals surface area contributed by atoms with Crippen LogP contribution in [0.5, 0.6) is 11.5 Å². The molecule has 1 aliphatic carbocycles. The number of halogens is 1. The highest BCUT2D eigenvalue weighted by molar-refractivity contribution is 9.10. The maximum Gasteiger partial charge on any atom is 0.167 e. The first-order valence-electron chi connectivity index (χ1n) is 8.03. The second-order valence-electron chi connectivity index (χ2n) is 6.54. The molecule has 122 valence electrons. The fourth-order valence-electron chi connectivity index (χ4n) is 3.28. The molecule has 0 amide bonds. The number of likely N-dealkylation sites (tertiary alicyclic amines) is 1. The summed E-state index contributed by atoms with van der Waals surface area (Å²) < 4.78 is 12.8. The lowest BCUT2D eigenvalue weighted by molar-refractivity contribution is 0.259. The minimum absolute atomic E-state index is 0.326. The zero-order chi connectivity index (χ0) is 15.7. The highest BCUT2D eigenvalue weighted by Gasteiger charge is 2.34. The van der Waals surface area contributed by atoms with Crippen molar-refractivity contribution in [3.05, 3.63) is 22.2 Å². The normalized spacial score (nSPS) is 25.5. The highest BCUT2D eigenvalue weighted by Crippen LogP contribution is 2.46. The van der Waals surface area contributed by atoms with Gasteiger partial charge in [-0.05, 0) is 56.8 Å². The van der Waals surface area contributed by atoms with E-state index in [0.717, 1.165) is 48.0 Å². The first kappa shape index (κ1) is 16.1. The number of rotatable bonds is 6. The Morgan fingerprint density at radius 1 is 1.32 bits per heavy atom. The van der Waals surface area contributed by atoms with Crippen LogP contribution in [0.15, 0.2) is 16.6 Å². The third kappa shape index (κ3) is 3.26. The summed E-state index contributed by atoms with van der Waals surface area (Å²) in [6.07, 6.45) is 3.63. The van der Waals surface area contributed by atoms with Crippen molar-refractivity contribution < 1.29 is 9.47 Å². The Bertz CT molecular complexity index is 534. The predicted molar refractivity (Wildman–Crippen MR) is 91.4 cm³/mol. The standard InChI is InChI=1S/C17H25BrN2O2/c1-20-9-12(8-19)7-14(20)16-13(18)5-6-15(21-2)17(16)22-10-11-3-4-11/h5-6,11-12,14H,3-4,7-10,19H2,1-2H3. The molecule has 1 heterocycles. The molecular weight excluding hydrogens is 344 g/mol. The fourth-order valence-corrected chi connectivity index (χ4v) is 3.85. The second kappa shape index (κ2) is 6.77. The van der Waals surface area contributed by atoms with Crippen molar-refractivity contribution in [2.24, 2.45) is 17.6 Å². The lowest BCUT2D eigenvalue weighted by Gasteiger charge is -2.25. The van der Waals surface area contributed by atoms with Crippen molar-refractivity contribution in [1.29, 1.82) is 0 Å². The number of ether oxygens (including phenoxy) is 2. The molecule has 1 aromatic carbocycles. The van der Waals surface area contributed by atoms with E-state index in [0.29, 0.717) is 12.0 Å². The molecule has 2 atom stereocenters. The van der Waals surface area contributed by atoms with E-state index in [2.05, 4.69) is 33.9 Å². The average Bonchev–Trinajstić information content (AvgIpc) is 3.27. The van der Waals surface area contributed by atoms with Gasteiger partial charge in [0.1, 0.15) is 0 Å². The van der Waals surface area contributed by atoms with E-state index >= 15 is 0 Å². The van der Waals surface area contributed by atoms with Crippen molar-refractivity contribution in [3.8, 4) is 11.5 Å². The summed E-state index contributed by atoms with van der Waals surface area (Å²) in [5, 5.41) is 0. The molecule has 1 aliphatic heterocycles. The quantitative estimate of drug-likeness (QED) is 0.837. The molecule has 2 N–H and O–H groups in total. The van der Waals surface area contributed by atoms with Crippen LogP contribution < -0.4 is 15.2 Å². The molecule has 0 radical (unpaired) electrons. The molecule has 2 fully saturated rings. The van der Waals surface area contributed by atoms with Crippen LogP contribution in [0.4, 0.5) is 0 Å². The number of benzene rings is 1. The van der Waals surface area contributed by atoms with Crippen LogP contribution in [0.2, 0.25) is 0 Å². The van der Waals surface area contributed by atoms with Gasteiger partial charge in [0.25, 0.3) is 0 Å². The summed E-state index contributed by atoms with van der Waals surface area (Å²) in [5.41, 5.74) is 7.09. The summed E-state index contributed by atoms with van der Waals surface area (Å²) in [6.45, 7) is 2.56. The molecule has 0 aromatic heterocycles. The van der Waals surface area contributed by atoms with Gasteiger partial charge in [0.05, 0.1) is 13.7 Å². The summed E-state index contributed by atoms with van der Waals surface area (Å²) in [6, 6.07) is 4.36. The van der Waals surface area contributed by atoms with Crippen molar-refractivity contribution in [2.75, 3.05) is 33.9 Å². The van der Waals surface area contributed by atoms with Gasteiger partial charge < -0.3 is 15.2 Å². The van der Waals surface area contributed by atoms with Crippen LogP contribution >= 0.6 is 15.9 Å². The molecule has 1 saturated heterocycles. The molecule has 2 unspecified atom stereocenters. The zero-order valence-electron chi connectivity index (χ0n) is 13.3. The van der Waals surface area contributed by atoms with Gasteiger partial charge in [-0.1, -0.05) is 15.9 Å². The number of hydrogen-bond acceptors (Lipinski definition) is 4. The van der Waals surface area contributed by atoms with Crippen LogP contribution in [-0.4, -0.2) is 38.8 Å². The molecule has 3 rings (SSSR count). The molecule has 1 saturated carbocycles. The molecule has 0 bridgehead atoms. The number of nitrogens with zero attached hydrogens (tertiary/aromatic N) is 1. The fraction of sp³-hybridized carbons (Fsp3) is 0.647. The summed E-state index contributed by atoms with van der Waals surface area (Å²) >= 11 is 3.72. The largest absolute Gasteiger partial charge is 0.493 e. The summed E-state index contributed by atoms with van der Waals surface area (Å²) in [4.78, 5) is 2.38. The van der Waals surface area contributed by atoms with Gasteiger partial charge in [-0.2, -0.15) is 0 Å². The van der Waals surface area contributed by atoms with Crippen molar-refractivity contribution in [1.82, 2.24) is 4.90 Å². The van der Waals surface area contributed by atoms with E-state index in [1.165, 1.54) is 18.4 Å². The van der Waals surface area contributed by atoms with Gasteiger partial charge in [0.2, 0.25) is 0 Å². The van der Waals surface area contributed by atoms with Crippen LogP contribution in [0.25, 0.3) is 0 Å². The third-order valence-corrected chi connectivity index (χ3v) is 5.48. The van der Waals surface area contributed by atoms with Gasteiger partial charge in [-0.15, -0.1) is 0 Å². The molecule has 22 heavy (non-hydrogen) atoms. The Labute approximate surface area is 141 Å². The minimum atomic E-state index is 0.326. The first-order chi connectivity index (χ1) is 10.6. The van der Waals surface area contributed by atoms with Gasteiger partial charge >= 0.3 is 0 Å². The molecule has 0 spiro atoms. The van der Waals surface area contributed by atoms with E-state index < -0.39 is 0 Å². The smallest absolute Gasteiger partial charge is 0.167 e. The molecule has 5 heteroatoms. The van der Waals surface area contributed by atoms with Crippen LogP contribution in [0.1, 0.15) is 30.9 Å². The third-order valence-electron chi connectivity index (χ3n) is 4.79. The number of methoxy groups -OCH3 is 1. The van der Waals surface area contributed by atoms with E-state index in [-0.39, 0.29) is 0 Å². The lowest BCUT2D eigenvalue weighted by Crippen LogP contribution is -2.21. The van der Waals surface area contributed by atoms with Crippen molar-refractivity contribution in [3.63, 3.8) is 0 Å². The van der Waals surface area contributed by atoms with E-state index in [1.807, 2.05) is 6.07 Å². The molecule has 4 nitrogen and oxygen atoms in total. The summed E-state index contributed by atoms with van der Waals surface area (Å²) in [7, 11) is 3.87. The average molecular weight is 369 g/mol. The van der Waals surface area contributed by atoms with E-state index in [9.17, 15) is 0 Å². The van der Waals surface area contributed by atoms with E-state index in [1.54, 1.807) is 7.11 Å². The number of nitrogens with two attached hydrogens (primary N) is 1. The molecule has 1 aromatic rings. The summed E-state index contributed by atoms with van der Waals surface area (Å²) in [5.74, 6) is 2.99. The van der Waals surface area contributed by atoms with Gasteiger partial charge in [0.15, 0.2) is 11.5 Å². The Kier molecular flexibility index (Phi) is 4.95. The topological polar surface area (TPSA) is 47.7 Å². The van der Waals surface area contributed by atoms with Crippen molar-refractivity contribution in [2.45, 2.75) is 25.3 Å². The Balaban J connectivity index is 1.93. The second-order valence-corrected chi connectivity index (χ2v) is 7.39. The van der Waals surface area contributed by atoms with Crippen molar-refractivity contribution >= 4 is 15.9 Å². The highest BCUT2D eigenvalue weighted by atomic mass is 79.9. The SMILES string of the molecule is COc1ccc(Br)c(C2CC(CN)CN2C)c1OCC1CC1. The van der Waals surface area contributed by atoms with Gasteiger partial charge in [-0.25, -0.2) is 0 Å². The van der Waals surface area contributed by atoms with Crippen LogP contribution in [0, 0.1) is 11.8 Å². The lowest BCUT2D eigenvalue weighted by atomic mass is 9.98. The Morgan fingerprint density at radius 2 is 2.09 bits per heavy atom. The Hall–Kier alpha value is -0.780. The maximum absolute atomic E-state index is 6.18. The van der Waals surface area contributed by atoms with Crippen LogP contribution in [0.3, 0.4) is 0 Å². The van der Waals surface area contributed by atoms with Crippen LogP contribution in [-0.2, 0) is 0 Å². The molecular formula is C17H25BrN2O2. The Morgan fingerprint density at radius 3 is 2.68 bits per heavy atom. The monoisotopic (exact) mass is 368 g/mol. The molecule has 2 aliphatic rings. The zero-order valence-corrected chi connectivity index (χ0v) is 14.9. The first-order valence-corrected chi connectivity index (χ1v) is 8.82. The van der Waals surface area contributed by atoms with Gasteiger partial charge in [0, 0.05) is 22.6 Å². The van der Waals surface area contributed by atoms with Gasteiger partial charge in [-0.3, -0.25) is 4.90 Å².